The van der Waals surface area contributed by atoms with Gasteiger partial charge >= 0.3 is 0 Å². The molecule has 11 heteroatoms. The summed E-state index contributed by atoms with van der Waals surface area (Å²) in [5.41, 5.74) is 5.97. The summed E-state index contributed by atoms with van der Waals surface area (Å²) in [4.78, 5) is 19.2. The SMILES string of the molecule is Cc1cc(Cc2cc(Nc3ccc(C4CCCCO4)cc3S(C)(=O)=O)c3nc(C)n(C4CCCCO4)c3n2)nc(C)n1. The van der Waals surface area contributed by atoms with Crippen molar-refractivity contribution in [1.82, 2.24) is 24.5 Å². The molecule has 0 spiro atoms. The third-order valence-corrected chi connectivity index (χ3v) is 9.07. The molecule has 3 aromatic heterocycles. The molecule has 4 aromatic rings. The number of imidazole rings is 1. The molecule has 0 bridgehead atoms. The summed E-state index contributed by atoms with van der Waals surface area (Å²) in [6.07, 6.45) is 7.45. The molecule has 2 atom stereocenters. The van der Waals surface area contributed by atoms with Crippen LogP contribution in [0.5, 0.6) is 0 Å². The highest BCUT2D eigenvalue weighted by molar-refractivity contribution is 7.90. The van der Waals surface area contributed by atoms with Crippen LogP contribution in [-0.4, -0.2) is 52.4 Å². The molecule has 2 fully saturated rings. The molecule has 2 aliphatic heterocycles. The Morgan fingerprint density at radius 2 is 1.64 bits per heavy atom. The predicted octanol–water partition coefficient (Wildman–Crippen LogP) is 5.83. The minimum Gasteiger partial charge on any atom is -0.374 e. The normalized spacial score (nSPS) is 19.7. The van der Waals surface area contributed by atoms with Crippen LogP contribution in [0.25, 0.3) is 11.2 Å². The molecule has 0 aliphatic carbocycles. The number of benzene rings is 1. The van der Waals surface area contributed by atoms with Crippen LogP contribution in [0.1, 0.15) is 85.2 Å². The smallest absolute Gasteiger partial charge is 0.177 e. The van der Waals surface area contributed by atoms with Crippen molar-refractivity contribution in [3.8, 4) is 0 Å². The maximum Gasteiger partial charge on any atom is 0.177 e. The summed E-state index contributed by atoms with van der Waals surface area (Å²) in [7, 11) is -3.55. The van der Waals surface area contributed by atoms with Crippen molar-refractivity contribution in [2.75, 3.05) is 24.8 Å². The number of aryl methyl sites for hydroxylation is 3. The Labute approximate surface area is 246 Å². The van der Waals surface area contributed by atoms with Gasteiger partial charge < -0.3 is 14.8 Å². The lowest BCUT2D eigenvalue weighted by Crippen LogP contribution is -2.19. The lowest BCUT2D eigenvalue weighted by Gasteiger charge is -2.25. The standard InChI is InChI=1S/C31H38N6O4S/c1-19-15-23(33-20(2)32-19)17-24-18-26(30-31(35-24)37(21(3)34-30)29-10-6-8-14-41-29)36-25-12-11-22(16-28(25)42(4,38)39)27-9-5-7-13-40-27/h11-12,15-16,18,27,29H,5-10,13-14,17H2,1-4H3,(H,35,36). The first-order valence-corrected chi connectivity index (χ1v) is 16.6. The highest BCUT2D eigenvalue weighted by atomic mass is 32.2. The van der Waals surface area contributed by atoms with Gasteiger partial charge in [-0.3, -0.25) is 4.57 Å². The van der Waals surface area contributed by atoms with Gasteiger partial charge in [0.15, 0.2) is 15.5 Å². The number of ether oxygens (including phenoxy) is 2. The summed E-state index contributed by atoms with van der Waals surface area (Å²) >= 11 is 0. The maximum absolute atomic E-state index is 13.0. The first-order valence-electron chi connectivity index (χ1n) is 14.7. The molecule has 1 N–H and O–H groups in total. The monoisotopic (exact) mass is 590 g/mol. The molecule has 0 saturated carbocycles. The van der Waals surface area contributed by atoms with Crippen LogP contribution < -0.4 is 5.32 Å². The Morgan fingerprint density at radius 3 is 2.33 bits per heavy atom. The van der Waals surface area contributed by atoms with Crippen molar-refractivity contribution in [2.24, 2.45) is 0 Å². The van der Waals surface area contributed by atoms with Gasteiger partial charge in [0.05, 0.1) is 33.8 Å². The van der Waals surface area contributed by atoms with E-state index in [4.69, 9.17) is 19.4 Å². The van der Waals surface area contributed by atoms with Crippen LogP contribution in [0.15, 0.2) is 35.2 Å². The lowest BCUT2D eigenvalue weighted by molar-refractivity contribution is -0.0309. The summed E-state index contributed by atoms with van der Waals surface area (Å²) < 4.78 is 40.2. The summed E-state index contributed by atoms with van der Waals surface area (Å²) in [6, 6.07) is 9.45. The van der Waals surface area contributed by atoms with E-state index < -0.39 is 9.84 Å². The molecule has 10 nitrogen and oxygen atoms in total. The molecule has 6 rings (SSSR count). The average molecular weight is 591 g/mol. The molecule has 2 saturated heterocycles. The van der Waals surface area contributed by atoms with Gasteiger partial charge in [0, 0.05) is 31.6 Å². The molecule has 2 unspecified atom stereocenters. The molecule has 2 aliphatic rings. The number of pyridine rings is 1. The highest BCUT2D eigenvalue weighted by Gasteiger charge is 2.25. The van der Waals surface area contributed by atoms with Gasteiger partial charge in [0.2, 0.25) is 0 Å². The summed E-state index contributed by atoms with van der Waals surface area (Å²) in [5.74, 6) is 1.51. The largest absolute Gasteiger partial charge is 0.374 e. The van der Waals surface area contributed by atoms with Crippen molar-refractivity contribution in [3.05, 3.63) is 64.6 Å². The van der Waals surface area contributed by atoms with Gasteiger partial charge in [0.25, 0.3) is 0 Å². The van der Waals surface area contributed by atoms with Gasteiger partial charge in [-0.05, 0) is 89.1 Å². The molecular formula is C31H38N6O4S. The van der Waals surface area contributed by atoms with Crippen LogP contribution >= 0.6 is 0 Å². The average Bonchev–Trinajstić information content (AvgIpc) is 3.29. The van der Waals surface area contributed by atoms with E-state index in [1.54, 1.807) is 6.07 Å². The second-order valence-corrected chi connectivity index (χ2v) is 13.4. The quantitative estimate of drug-likeness (QED) is 0.284. The number of fused-ring (bicyclic) bond motifs is 1. The van der Waals surface area contributed by atoms with Crippen LogP contribution in [0, 0.1) is 20.8 Å². The third-order valence-electron chi connectivity index (χ3n) is 7.93. The van der Waals surface area contributed by atoms with Crippen molar-refractivity contribution >= 4 is 32.4 Å². The number of nitrogens with one attached hydrogen (secondary N) is 1. The van der Waals surface area contributed by atoms with Gasteiger partial charge in [0.1, 0.15) is 23.4 Å². The molecule has 1 aromatic carbocycles. The van der Waals surface area contributed by atoms with Gasteiger partial charge in [-0.2, -0.15) is 0 Å². The fourth-order valence-corrected chi connectivity index (χ4v) is 6.92. The van der Waals surface area contributed by atoms with E-state index >= 15 is 0 Å². The van der Waals surface area contributed by atoms with Crippen LogP contribution in [-0.2, 0) is 25.7 Å². The topological polar surface area (TPSA) is 121 Å². The molecule has 0 amide bonds. The van der Waals surface area contributed by atoms with Gasteiger partial charge in [-0.15, -0.1) is 0 Å². The highest BCUT2D eigenvalue weighted by Crippen LogP contribution is 2.36. The zero-order valence-corrected chi connectivity index (χ0v) is 25.5. The molecule has 222 valence electrons. The number of nitrogens with zero attached hydrogens (tertiary/aromatic N) is 5. The summed E-state index contributed by atoms with van der Waals surface area (Å²) in [6.45, 7) is 7.18. The van der Waals surface area contributed by atoms with Crippen molar-refractivity contribution in [3.63, 3.8) is 0 Å². The van der Waals surface area contributed by atoms with E-state index in [1.165, 1.54) is 6.26 Å². The Balaban J connectivity index is 1.46. The van der Waals surface area contributed by atoms with Crippen LogP contribution in [0.4, 0.5) is 11.4 Å². The second kappa shape index (κ2) is 11.7. The lowest BCUT2D eigenvalue weighted by atomic mass is 10.0. The van der Waals surface area contributed by atoms with E-state index in [0.29, 0.717) is 48.0 Å². The minimum atomic E-state index is -3.55. The van der Waals surface area contributed by atoms with Crippen LogP contribution in [0.3, 0.4) is 0 Å². The van der Waals surface area contributed by atoms with Crippen molar-refractivity contribution in [1.29, 1.82) is 0 Å². The van der Waals surface area contributed by atoms with Gasteiger partial charge in [-0.1, -0.05) is 6.07 Å². The zero-order chi connectivity index (χ0) is 29.4. The number of rotatable bonds is 7. The third kappa shape index (κ3) is 6.04. The summed E-state index contributed by atoms with van der Waals surface area (Å²) in [5, 5.41) is 3.44. The molecular weight excluding hydrogens is 552 g/mol. The number of anilines is 2. The molecule has 42 heavy (non-hydrogen) atoms. The fourth-order valence-electron chi connectivity index (χ4n) is 6.05. The number of hydrogen-bond donors (Lipinski definition) is 1. The predicted molar refractivity (Wildman–Crippen MR) is 161 cm³/mol. The Morgan fingerprint density at radius 1 is 0.881 bits per heavy atom. The first kappa shape index (κ1) is 28.7. The minimum absolute atomic E-state index is 0.0962. The number of sulfone groups is 1. The maximum atomic E-state index is 13.0. The molecule has 5 heterocycles. The van der Waals surface area contributed by atoms with Crippen molar-refractivity contribution < 1.29 is 17.9 Å². The number of aromatic nitrogens is 5. The van der Waals surface area contributed by atoms with E-state index in [0.717, 1.165) is 67.0 Å². The van der Waals surface area contributed by atoms with Gasteiger partial charge in [-0.25, -0.2) is 28.4 Å². The van der Waals surface area contributed by atoms with E-state index in [9.17, 15) is 8.42 Å². The number of hydrogen-bond acceptors (Lipinski definition) is 9. The zero-order valence-electron chi connectivity index (χ0n) is 24.7. The van der Waals surface area contributed by atoms with Crippen LogP contribution in [0.2, 0.25) is 0 Å². The van der Waals surface area contributed by atoms with E-state index in [1.807, 2.05) is 45.0 Å². The van der Waals surface area contributed by atoms with E-state index in [2.05, 4.69) is 19.9 Å². The molecule has 0 radical (unpaired) electrons. The Hall–Kier alpha value is -3.41. The Kier molecular flexibility index (Phi) is 7.99. The van der Waals surface area contributed by atoms with Crippen molar-refractivity contribution in [2.45, 2.75) is 82.9 Å². The fraction of sp³-hybridized carbons (Fsp3) is 0.484. The Bertz CT molecular complexity index is 1700. The second-order valence-electron chi connectivity index (χ2n) is 11.4. The first-order chi connectivity index (χ1) is 20.2. The van der Waals surface area contributed by atoms with E-state index in [-0.39, 0.29) is 17.2 Å².